The topological polar surface area (TPSA) is 71.1 Å². The minimum atomic E-state index is -3.29. The summed E-state index contributed by atoms with van der Waals surface area (Å²) < 4.78 is 26.2. The zero-order chi connectivity index (χ0) is 14.5. The van der Waals surface area contributed by atoms with Gasteiger partial charge >= 0.3 is 0 Å². The standard InChI is InChI=1S/C12H23N3O2S2/c1-9(2)11-8-18-12(14-11)15-19(16,17)7-5-6-13-10(3)4/h8-10,13H,5-7H2,1-4H3,(H,14,15). The zero-order valence-electron chi connectivity index (χ0n) is 11.9. The second kappa shape index (κ2) is 7.21. The summed E-state index contributed by atoms with van der Waals surface area (Å²) >= 11 is 1.33. The van der Waals surface area contributed by atoms with Crippen molar-refractivity contribution in [3.05, 3.63) is 11.1 Å². The molecule has 1 rings (SSSR count). The molecule has 1 aromatic heterocycles. The maximum atomic E-state index is 11.9. The van der Waals surface area contributed by atoms with E-state index >= 15 is 0 Å². The lowest BCUT2D eigenvalue weighted by Crippen LogP contribution is -2.26. The molecule has 0 unspecified atom stereocenters. The Hall–Kier alpha value is -0.660. The molecule has 0 aromatic carbocycles. The summed E-state index contributed by atoms with van der Waals surface area (Å²) in [6, 6.07) is 0.378. The van der Waals surface area contributed by atoms with Crippen LogP contribution in [0.5, 0.6) is 0 Å². The molecule has 2 N–H and O–H groups in total. The van der Waals surface area contributed by atoms with Gasteiger partial charge in [-0.2, -0.15) is 0 Å². The second-order valence-corrected chi connectivity index (χ2v) is 7.82. The molecule has 0 spiro atoms. The van der Waals surface area contributed by atoms with Crippen LogP contribution >= 0.6 is 11.3 Å². The summed E-state index contributed by atoms with van der Waals surface area (Å²) in [5.41, 5.74) is 0.921. The number of thiazole rings is 1. The van der Waals surface area contributed by atoms with Crippen LogP contribution in [0, 0.1) is 0 Å². The van der Waals surface area contributed by atoms with Gasteiger partial charge < -0.3 is 5.32 Å². The Labute approximate surface area is 119 Å². The minimum absolute atomic E-state index is 0.114. The highest BCUT2D eigenvalue weighted by molar-refractivity contribution is 7.92. The van der Waals surface area contributed by atoms with Crippen LogP contribution in [-0.4, -0.2) is 31.7 Å². The molecule has 1 aromatic rings. The van der Waals surface area contributed by atoms with Gasteiger partial charge in [0.1, 0.15) is 0 Å². The highest BCUT2D eigenvalue weighted by atomic mass is 32.2. The molecular weight excluding hydrogens is 282 g/mol. The summed E-state index contributed by atoms with van der Waals surface area (Å²) in [4.78, 5) is 4.26. The third kappa shape index (κ3) is 6.35. The molecule has 0 amide bonds. The molecule has 110 valence electrons. The van der Waals surface area contributed by atoms with Gasteiger partial charge in [0.05, 0.1) is 11.4 Å². The van der Waals surface area contributed by atoms with Crippen molar-refractivity contribution in [2.45, 2.75) is 46.1 Å². The fourth-order valence-corrected chi connectivity index (χ4v) is 3.66. The monoisotopic (exact) mass is 305 g/mol. The van der Waals surface area contributed by atoms with Crippen molar-refractivity contribution < 1.29 is 8.42 Å². The van der Waals surface area contributed by atoms with Crippen LogP contribution in [-0.2, 0) is 10.0 Å². The summed E-state index contributed by atoms with van der Waals surface area (Å²) in [7, 11) is -3.29. The largest absolute Gasteiger partial charge is 0.314 e. The van der Waals surface area contributed by atoms with Crippen molar-refractivity contribution in [3.8, 4) is 0 Å². The van der Waals surface area contributed by atoms with Crippen molar-refractivity contribution in [2.75, 3.05) is 17.0 Å². The Kier molecular flexibility index (Phi) is 6.22. The van der Waals surface area contributed by atoms with Crippen LogP contribution in [0.15, 0.2) is 5.38 Å². The molecule has 1 heterocycles. The molecule has 0 saturated carbocycles. The first kappa shape index (κ1) is 16.4. The molecule has 7 heteroatoms. The number of sulfonamides is 1. The van der Waals surface area contributed by atoms with Crippen molar-refractivity contribution in [2.24, 2.45) is 0 Å². The summed E-state index contributed by atoms with van der Waals surface area (Å²) in [6.07, 6.45) is 0.593. The fraction of sp³-hybridized carbons (Fsp3) is 0.750. The molecule has 0 aliphatic carbocycles. The third-order valence-corrected chi connectivity index (χ3v) is 4.73. The van der Waals surface area contributed by atoms with Gasteiger partial charge in [-0.05, 0) is 18.9 Å². The lowest BCUT2D eigenvalue weighted by Gasteiger charge is -2.08. The van der Waals surface area contributed by atoms with Gasteiger partial charge in [-0.15, -0.1) is 11.3 Å². The predicted octanol–water partition coefficient (Wildman–Crippen LogP) is 2.40. The highest BCUT2D eigenvalue weighted by Crippen LogP contribution is 2.22. The Morgan fingerprint density at radius 1 is 1.32 bits per heavy atom. The van der Waals surface area contributed by atoms with Crippen LogP contribution in [0.4, 0.5) is 5.13 Å². The van der Waals surface area contributed by atoms with Gasteiger partial charge in [-0.25, -0.2) is 13.4 Å². The number of anilines is 1. The molecule has 0 atom stereocenters. The SMILES string of the molecule is CC(C)NCCCS(=O)(=O)Nc1nc(C(C)C)cs1. The molecule has 0 radical (unpaired) electrons. The van der Waals surface area contributed by atoms with Crippen LogP contribution in [0.3, 0.4) is 0 Å². The molecule has 0 bridgehead atoms. The molecular formula is C12H23N3O2S2. The molecule has 19 heavy (non-hydrogen) atoms. The average Bonchev–Trinajstić information content (AvgIpc) is 2.72. The van der Waals surface area contributed by atoms with E-state index in [0.29, 0.717) is 30.1 Å². The van der Waals surface area contributed by atoms with Gasteiger partial charge in [-0.3, -0.25) is 4.72 Å². The molecule has 0 aliphatic rings. The first-order chi connectivity index (χ1) is 8.80. The van der Waals surface area contributed by atoms with Crippen molar-refractivity contribution >= 4 is 26.5 Å². The van der Waals surface area contributed by atoms with Crippen LogP contribution in [0.1, 0.15) is 45.7 Å². The van der Waals surface area contributed by atoms with Gasteiger partial charge in [0, 0.05) is 11.4 Å². The van der Waals surface area contributed by atoms with Crippen LogP contribution in [0.25, 0.3) is 0 Å². The van der Waals surface area contributed by atoms with Gasteiger partial charge in [0.15, 0.2) is 5.13 Å². The fourth-order valence-electron chi connectivity index (χ4n) is 1.44. The number of aromatic nitrogens is 1. The molecule has 5 nitrogen and oxygen atoms in total. The van der Waals surface area contributed by atoms with E-state index in [2.05, 4.69) is 15.0 Å². The Morgan fingerprint density at radius 2 is 2.00 bits per heavy atom. The lowest BCUT2D eigenvalue weighted by molar-refractivity contribution is 0.571. The number of nitrogens with one attached hydrogen (secondary N) is 2. The van der Waals surface area contributed by atoms with E-state index in [1.165, 1.54) is 11.3 Å². The summed E-state index contributed by atoms with van der Waals surface area (Å²) in [6.45, 7) is 8.84. The van der Waals surface area contributed by atoms with E-state index in [1.807, 2.05) is 33.1 Å². The number of rotatable bonds is 8. The van der Waals surface area contributed by atoms with E-state index in [4.69, 9.17) is 0 Å². The van der Waals surface area contributed by atoms with Crippen molar-refractivity contribution in [3.63, 3.8) is 0 Å². The Morgan fingerprint density at radius 3 is 2.53 bits per heavy atom. The van der Waals surface area contributed by atoms with E-state index in [9.17, 15) is 8.42 Å². The van der Waals surface area contributed by atoms with E-state index in [1.54, 1.807) is 0 Å². The Bertz CT molecular complexity index is 481. The smallest absolute Gasteiger partial charge is 0.234 e. The Balaban J connectivity index is 2.45. The van der Waals surface area contributed by atoms with Crippen molar-refractivity contribution in [1.82, 2.24) is 10.3 Å². The molecule has 0 aliphatic heterocycles. The van der Waals surface area contributed by atoms with E-state index in [0.717, 1.165) is 5.69 Å². The van der Waals surface area contributed by atoms with Crippen LogP contribution in [0.2, 0.25) is 0 Å². The molecule has 0 saturated heterocycles. The predicted molar refractivity (Wildman–Crippen MR) is 81.4 cm³/mol. The first-order valence-electron chi connectivity index (χ1n) is 6.49. The van der Waals surface area contributed by atoms with E-state index < -0.39 is 10.0 Å². The third-order valence-electron chi connectivity index (χ3n) is 2.50. The first-order valence-corrected chi connectivity index (χ1v) is 9.02. The number of hydrogen-bond donors (Lipinski definition) is 2. The average molecular weight is 305 g/mol. The normalized spacial score (nSPS) is 12.3. The minimum Gasteiger partial charge on any atom is -0.314 e. The lowest BCUT2D eigenvalue weighted by atomic mass is 10.2. The maximum absolute atomic E-state index is 11.9. The zero-order valence-corrected chi connectivity index (χ0v) is 13.6. The second-order valence-electron chi connectivity index (χ2n) is 5.12. The maximum Gasteiger partial charge on any atom is 0.234 e. The molecule has 0 fully saturated rings. The number of hydrogen-bond acceptors (Lipinski definition) is 5. The van der Waals surface area contributed by atoms with Gasteiger partial charge in [0.2, 0.25) is 10.0 Å². The summed E-state index contributed by atoms with van der Waals surface area (Å²) in [5, 5.41) is 5.55. The highest BCUT2D eigenvalue weighted by Gasteiger charge is 2.13. The van der Waals surface area contributed by atoms with Gasteiger partial charge in [-0.1, -0.05) is 27.7 Å². The van der Waals surface area contributed by atoms with E-state index in [-0.39, 0.29) is 5.75 Å². The number of nitrogens with zero attached hydrogens (tertiary/aromatic N) is 1. The summed E-state index contributed by atoms with van der Waals surface area (Å²) in [5.74, 6) is 0.424. The quantitative estimate of drug-likeness (QED) is 0.724. The van der Waals surface area contributed by atoms with Crippen LogP contribution < -0.4 is 10.0 Å². The van der Waals surface area contributed by atoms with Gasteiger partial charge in [0.25, 0.3) is 0 Å². The van der Waals surface area contributed by atoms with Crippen molar-refractivity contribution in [1.29, 1.82) is 0 Å².